The lowest BCUT2D eigenvalue weighted by Gasteiger charge is -2.18. The lowest BCUT2D eigenvalue weighted by atomic mass is 10.2. The molecule has 0 atom stereocenters. The summed E-state index contributed by atoms with van der Waals surface area (Å²) < 4.78 is 6.01. The molecule has 0 saturated heterocycles. The highest BCUT2D eigenvalue weighted by Gasteiger charge is 2.15. The van der Waals surface area contributed by atoms with Gasteiger partial charge in [0.2, 0.25) is 0 Å². The Morgan fingerprint density at radius 3 is 2.81 bits per heavy atom. The Hall–Kier alpha value is -0.880. The summed E-state index contributed by atoms with van der Waals surface area (Å²) in [5, 5.41) is 5.72. The minimum Gasteiger partial charge on any atom is -0.443 e. The Kier molecular flexibility index (Phi) is 4.49. The van der Waals surface area contributed by atoms with E-state index in [2.05, 4.69) is 26.5 Å². The van der Waals surface area contributed by atoms with Crippen molar-refractivity contribution < 1.29 is 9.53 Å². The number of halogens is 1. The van der Waals surface area contributed by atoms with Crippen LogP contribution in [0.5, 0.6) is 0 Å². The molecule has 88 valence electrons. The normalized spacial score (nSPS) is 11.8. The van der Waals surface area contributed by atoms with Crippen LogP contribution in [0, 0.1) is 0 Å². The minimum absolute atomic E-state index is 0.508. The van der Waals surface area contributed by atoms with E-state index in [1.807, 2.05) is 11.4 Å². The quantitative estimate of drug-likeness (QED) is 0.673. The number of carbonyl (C=O) groups excluding carboxylic acids is 1. The molecular weight excluding hydrogens is 292 g/mol. The molecule has 1 aromatic rings. The molecule has 0 bridgehead atoms. The first-order valence-electron chi connectivity index (χ1n) is 4.63. The Labute approximate surface area is 107 Å². The van der Waals surface area contributed by atoms with Crippen molar-refractivity contribution in [3.05, 3.63) is 20.8 Å². The van der Waals surface area contributed by atoms with Gasteiger partial charge in [-0.25, -0.2) is 10.2 Å². The Bertz CT molecular complexity index is 396. The summed E-state index contributed by atoms with van der Waals surface area (Å²) >= 11 is 4.86. The van der Waals surface area contributed by atoms with E-state index in [9.17, 15) is 4.79 Å². The number of hydrogen-bond acceptors (Lipinski definition) is 4. The maximum absolute atomic E-state index is 11.2. The molecule has 6 heteroatoms. The van der Waals surface area contributed by atoms with Gasteiger partial charge in [0.15, 0.2) is 0 Å². The second-order valence-corrected chi connectivity index (χ2v) is 5.90. The number of nitrogens with one attached hydrogen (secondary N) is 1. The SMILES string of the molecule is CC(C)(C)OC(=O)N/N=C/c1cc(Br)cs1. The molecule has 0 saturated carbocycles. The molecule has 0 aliphatic carbocycles. The van der Waals surface area contributed by atoms with Crippen molar-refractivity contribution in [2.45, 2.75) is 26.4 Å². The van der Waals surface area contributed by atoms with E-state index in [1.165, 1.54) is 11.3 Å². The van der Waals surface area contributed by atoms with Gasteiger partial charge in [-0.2, -0.15) is 5.10 Å². The summed E-state index contributed by atoms with van der Waals surface area (Å²) in [4.78, 5) is 12.1. The van der Waals surface area contributed by atoms with Crippen LogP contribution in [-0.2, 0) is 4.74 Å². The van der Waals surface area contributed by atoms with Gasteiger partial charge in [0.25, 0.3) is 0 Å². The van der Waals surface area contributed by atoms with Gasteiger partial charge in [0.1, 0.15) is 5.60 Å². The molecule has 1 heterocycles. The topological polar surface area (TPSA) is 50.7 Å². The van der Waals surface area contributed by atoms with Gasteiger partial charge in [0.05, 0.1) is 6.21 Å². The number of amides is 1. The van der Waals surface area contributed by atoms with Crippen molar-refractivity contribution in [1.29, 1.82) is 0 Å². The minimum atomic E-state index is -0.556. The zero-order valence-corrected chi connectivity index (χ0v) is 11.7. The van der Waals surface area contributed by atoms with Crippen LogP contribution in [0.3, 0.4) is 0 Å². The summed E-state index contributed by atoms with van der Waals surface area (Å²) in [5.74, 6) is 0. The van der Waals surface area contributed by atoms with Crippen LogP contribution in [0.4, 0.5) is 4.79 Å². The van der Waals surface area contributed by atoms with Crippen LogP contribution < -0.4 is 5.43 Å². The molecular formula is C10H13BrN2O2S. The van der Waals surface area contributed by atoms with E-state index in [0.717, 1.165) is 9.35 Å². The predicted octanol–water partition coefficient (Wildman–Crippen LogP) is 3.37. The molecule has 0 spiro atoms. The highest BCUT2D eigenvalue weighted by atomic mass is 79.9. The van der Waals surface area contributed by atoms with E-state index in [0.29, 0.717) is 0 Å². The average molecular weight is 305 g/mol. The van der Waals surface area contributed by atoms with Gasteiger partial charge in [-0.1, -0.05) is 0 Å². The van der Waals surface area contributed by atoms with E-state index in [-0.39, 0.29) is 0 Å². The summed E-state index contributed by atoms with van der Waals surface area (Å²) in [7, 11) is 0. The van der Waals surface area contributed by atoms with E-state index in [4.69, 9.17) is 4.74 Å². The fraction of sp³-hybridized carbons (Fsp3) is 0.400. The van der Waals surface area contributed by atoms with Gasteiger partial charge in [-0.15, -0.1) is 11.3 Å². The molecule has 0 unspecified atom stereocenters. The number of ether oxygens (including phenoxy) is 1. The number of hydrazone groups is 1. The summed E-state index contributed by atoms with van der Waals surface area (Å²) in [6, 6.07) is 1.91. The Balaban J connectivity index is 2.40. The zero-order valence-electron chi connectivity index (χ0n) is 9.28. The molecule has 0 aliphatic rings. The number of thiophene rings is 1. The fourth-order valence-electron chi connectivity index (χ4n) is 0.845. The third-order valence-electron chi connectivity index (χ3n) is 1.33. The highest BCUT2D eigenvalue weighted by Crippen LogP contribution is 2.17. The average Bonchev–Trinajstić information content (AvgIpc) is 2.48. The monoisotopic (exact) mass is 304 g/mol. The third kappa shape index (κ3) is 5.27. The van der Waals surface area contributed by atoms with Crippen LogP contribution in [0.15, 0.2) is 21.0 Å². The van der Waals surface area contributed by atoms with Gasteiger partial charge in [0, 0.05) is 14.7 Å². The predicted molar refractivity (Wildman–Crippen MR) is 69.0 cm³/mol. The summed E-state index contributed by atoms with van der Waals surface area (Å²) in [6.45, 7) is 5.39. The van der Waals surface area contributed by atoms with Crippen molar-refractivity contribution in [3.8, 4) is 0 Å². The van der Waals surface area contributed by atoms with Crippen molar-refractivity contribution in [2.75, 3.05) is 0 Å². The first-order chi connectivity index (χ1) is 7.37. The number of rotatable bonds is 2. The molecule has 1 aromatic heterocycles. The van der Waals surface area contributed by atoms with Gasteiger partial charge < -0.3 is 4.74 Å². The molecule has 1 N–H and O–H groups in total. The molecule has 0 aliphatic heterocycles. The van der Waals surface area contributed by atoms with Crippen LogP contribution in [0.1, 0.15) is 25.6 Å². The molecule has 0 radical (unpaired) electrons. The second kappa shape index (κ2) is 5.45. The van der Waals surface area contributed by atoms with E-state index >= 15 is 0 Å². The van der Waals surface area contributed by atoms with E-state index in [1.54, 1.807) is 27.0 Å². The number of carbonyl (C=O) groups is 1. The summed E-state index contributed by atoms with van der Waals surface area (Å²) in [6.07, 6.45) is 1.01. The fourth-order valence-corrected chi connectivity index (χ4v) is 2.15. The largest absolute Gasteiger partial charge is 0.443 e. The smallest absolute Gasteiger partial charge is 0.428 e. The van der Waals surface area contributed by atoms with Crippen LogP contribution in [0.25, 0.3) is 0 Å². The number of hydrogen-bond donors (Lipinski definition) is 1. The van der Waals surface area contributed by atoms with Crippen LogP contribution >= 0.6 is 27.3 Å². The zero-order chi connectivity index (χ0) is 12.2. The number of nitrogens with zero attached hydrogens (tertiary/aromatic N) is 1. The molecule has 0 fully saturated rings. The van der Waals surface area contributed by atoms with Crippen molar-refractivity contribution in [2.24, 2.45) is 5.10 Å². The van der Waals surface area contributed by atoms with Crippen molar-refractivity contribution in [3.63, 3.8) is 0 Å². The van der Waals surface area contributed by atoms with Gasteiger partial charge in [-0.3, -0.25) is 0 Å². The molecule has 1 amide bonds. The van der Waals surface area contributed by atoms with E-state index < -0.39 is 11.7 Å². The third-order valence-corrected chi connectivity index (χ3v) is 2.96. The molecule has 0 aromatic carbocycles. The lowest BCUT2D eigenvalue weighted by molar-refractivity contribution is 0.0529. The first kappa shape index (κ1) is 13.2. The molecule has 4 nitrogen and oxygen atoms in total. The standard InChI is InChI=1S/C10H13BrN2O2S/c1-10(2,3)15-9(14)13-12-5-8-4-7(11)6-16-8/h4-6H,1-3H3,(H,13,14)/b12-5+. The molecule has 16 heavy (non-hydrogen) atoms. The second-order valence-electron chi connectivity index (χ2n) is 4.04. The maximum atomic E-state index is 11.2. The van der Waals surface area contributed by atoms with Gasteiger partial charge in [-0.05, 0) is 42.8 Å². The highest BCUT2D eigenvalue weighted by molar-refractivity contribution is 9.10. The molecule has 1 rings (SSSR count). The van der Waals surface area contributed by atoms with Crippen molar-refractivity contribution >= 4 is 39.6 Å². The lowest BCUT2D eigenvalue weighted by Crippen LogP contribution is -2.29. The maximum Gasteiger partial charge on any atom is 0.428 e. The summed E-state index contributed by atoms with van der Waals surface area (Å²) in [5.41, 5.74) is 1.79. The Morgan fingerprint density at radius 1 is 1.62 bits per heavy atom. The first-order valence-corrected chi connectivity index (χ1v) is 6.30. The van der Waals surface area contributed by atoms with Gasteiger partial charge >= 0.3 is 6.09 Å². The Morgan fingerprint density at radius 2 is 2.31 bits per heavy atom. The van der Waals surface area contributed by atoms with Crippen LogP contribution in [-0.4, -0.2) is 17.9 Å². The van der Waals surface area contributed by atoms with Crippen molar-refractivity contribution in [1.82, 2.24) is 5.43 Å². The van der Waals surface area contributed by atoms with Crippen LogP contribution in [0.2, 0.25) is 0 Å².